The molecule has 0 radical (unpaired) electrons. The first-order chi connectivity index (χ1) is 13.1. The summed E-state index contributed by atoms with van der Waals surface area (Å²) in [7, 11) is 0. The molecule has 1 aromatic heterocycles. The van der Waals surface area contributed by atoms with Gasteiger partial charge in [-0.1, -0.05) is 27.7 Å². The number of aromatic nitrogens is 1. The minimum atomic E-state index is -4.59. The molecule has 10 heteroatoms. The van der Waals surface area contributed by atoms with Crippen molar-refractivity contribution in [2.24, 2.45) is 5.73 Å². The van der Waals surface area contributed by atoms with Gasteiger partial charge in [0.1, 0.15) is 5.03 Å². The zero-order chi connectivity index (χ0) is 20.6. The molecule has 148 valence electrons. The van der Waals surface area contributed by atoms with Crippen LogP contribution >= 0.6 is 27.7 Å². The highest BCUT2D eigenvalue weighted by Crippen LogP contribution is 2.39. The second kappa shape index (κ2) is 7.84. The zero-order valence-electron chi connectivity index (χ0n) is 14.6. The van der Waals surface area contributed by atoms with Crippen molar-refractivity contribution in [2.45, 2.75) is 36.3 Å². The topological polar surface area (TPSA) is 76.3 Å². The Morgan fingerprint density at radius 2 is 1.93 bits per heavy atom. The SMILES string of the molecule is Cc1cc(C(F)(F)F)c(CN)c(S[C@@H]2CC(=O)N(c3ccc(Br)cc3)C2=O)n1. The van der Waals surface area contributed by atoms with Gasteiger partial charge in [0.2, 0.25) is 11.8 Å². The predicted molar refractivity (Wildman–Crippen MR) is 103 cm³/mol. The van der Waals surface area contributed by atoms with E-state index in [2.05, 4.69) is 20.9 Å². The molecule has 1 saturated heterocycles. The average Bonchev–Trinajstić information content (AvgIpc) is 2.88. The molecular formula is C18H15BrF3N3O2S. The van der Waals surface area contributed by atoms with E-state index in [1.165, 1.54) is 6.92 Å². The van der Waals surface area contributed by atoms with Gasteiger partial charge in [-0.25, -0.2) is 9.88 Å². The number of rotatable bonds is 4. The lowest BCUT2D eigenvalue weighted by Gasteiger charge is -2.18. The number of imide groups is 1. The number of amides is 2. The fourth-order valence-electron chi connectivity index (χ4n) is 2.91. The first-order valence-corrected chi connectivity index (χ1v) is 9.86. The number of aryl methyl sites for hydroxylation is 1. The molecule has 2 heterocycles. The number of carbonyl (C=O) groups excluding carboxylic acids is 2. The number of halogens is 4. The first kappa shape index (κ1) is 20.8. The Morgan fingerprint density at radius 1 is 1.29 bits per heavy atom. The van der Waals surface area contributed by atoms with Crippen molar-refractivity contribution in [3.8, 4) is 0 Å². The summed E-state index contributed by atoms with van der Waals surface area (Å²) in [6.45, 7) is 1.06. The van der Waals surface area contributed by atoms with Gasteiger partial charge < -0.3 is 5.73 Å². The third kappa shape index (κ3) is 4.08. The number of carbonyl (C=O) groups is 2. The quantitative estimate of drug-likeness (QED) is 0.677. The lowest BCUT2D eigenvalue weighted by atomic mass is 10.1. The monoisotopic (exact) mass is 473 g/mol. The fourth-order valence-corrected chi connectivity index (χ4v) is 4.41. The molecule has 1 aromatic carbocycles. The molecule has 3 rings (SSSR count). The smallest absolute Gasteiger partial charge is 0.326 e. The number of alkyl halides is 3. The van der Waals surface area contributed by atoms with Gasteiger partial charge in [-0.3, -0.25) is 9.59 Å². The number of hydrogen-bond donors (Lipinski definition) is 1. The van der Waals surface area contributed by atoms with Gasteiger partial charge >= 0.3 is 6.18 Å². The number of nitrogens with two attached hydrogens (primary N) is 1. The van der Waals surface area contributed by atoms with E-state index in [0.717, 1.165) is 27.2 Å². The summed E-state index contributed by atoms with van der Waals surface area (Å²) in [5.74, 6) is -0.903. The second-order valence-electron chi connectivity index (χ2n) is 6.15. The number of benzene rings is 1. The molecule has 0 unspecified atom stereocenters. The van der Waals surface area contributed by atoms with Crippen molar-refractivity contribution >= 4 is 45.2 Å². The lowest BCUT2D eigenvalue weighted by Crippen LogP contribution is -2.31. The Morgan fingerprint density at radius 3 is 2.50 bits per heavy atom. The van der Waals surface area contributed by atoms with Crippen LogP contribution in [-0.2, 0) is 22.3 Å². The maximum atomic E-state index is 13.3. The number of pyridine rings is 1. The molecule has 1 atom stereocenters. The molecule has 2 amide bonds. The third-order valence-electron chi connectivity index (χ3n) is 4.17. The van der Waals surface area contributed by atoms with Gasteiger partial charge in [0, 0.05) is 28.7 Å². The molecule has 0 spiro atoms. The molecule has 1 fully saturated rings. The number of nitrogens with zero attached hydrogens (tertiary/aromatic N) is 2. The Balaban J connectivity index is 1.92. The van der Waals surface area contributed by atoms with E-state index in [4.69, 9.17) is 5.73 Å². The van der Waals surface area contributed by atoms with Crippen LogP contribution in [0.2, 0.25) is 0 Å². The van der Waals surface area contributed by atoms with Crippen molar-refractivity contribution < 1.29 is 22.8 Å². The predicted octanol–water partition coefficient (Wildman–Crippen LogP) is 4.05. The summed E-state index contributed by atoms with van der Waals surface area (Å²) in [4.78, 5) is 30.3. The van der Waals surface area contributed by atoms with Crippen LogP contribution in [0, 0.1) is 6.92 Å². The van der Waals surface area contributed by atoms with Crippen molar-refractivity contribution in [1.29, 1.82) is 0 Å². The van der Waals surface area contributed by atoms with Crippen LogP contribution in [0.3, 0.4) is 0 Å². The number of hydrogen-bond acceptors (Lipinski definition) is 5. The van der Waals surface area contributed by atoms with Crippen LogP contribution in [0.25, 0.3) is 0 Å². The summed E-state index contributed by atoms with van der Waals surface area (Å²) in [6, 6.07) is 7.55. The van der Waals surface area contributed by atoms with Crippen LogP contribution in [0.1, 0.15) is 23.2 Å². The maximum Gasteiger partial charge on any atom is 0.416 e. The summed E-state index contributed by atoms with van der Waals surface area (Å²) in [6.07, 6.45) is -4.71. The van der Waals surface area contributed by atoms with E-state index in [1.54, 1.807) is 24.3 Å². The van der Waals surface area contributed by atoms with E-state index in [0.29, 0.717) is 5.69 Å². The van der Waals surface area contributed by atoms with E-state index in [1.807, 2.05) is 0 Å². The van der Waals surface area contributed by atoms with Crippen molar-refractivity contribution in [2.75, 3.05) is 4.90 Å². The Kier molecular flexibility index (Phi) is 5.83. The van der Waals surface area contributed by atoms with Crippen LogP contribution in [0.5, 0.6) is 0 Å². The van der Waals surface area contributed by atoms with Gasteiger partial charge in [-0.05, 0) is 37.3 Å². The normalized spacial score (nSPS) is 17.5. The Hall–Kier alpha value is -1.91. The first-order valence-electron chi connectivity index (χ1n) is 8.18. The minimum Gasteiger partial charge on any atom is -0.326 e. The van der Waals surface area contributed by atoms with E-state index < -0.39 is 28.8 Å². The van der Waals surface area contributed by atoms with E-state index in [-0.39, 0.29) is 29.2 Å². The standard InChI is InChI=1S/C18H15BrF3N3O2S/c1-9-6-13(18(20,21)22)12(8-23)16(24-9)28-14-7-15(26)25(17(14)27)11-4-2-10(19)3-5-11/h2-6,14H,7-8,23H2,1H3/t14-/m1/s1. The highest BCUT2D eigenvalue weighted by atomic mass is 79.9. The number of thioether (sulfide) groups is 1. The molecule has 1 aliphatic rings. The van der Waals surface area contributed by atoms with Gasteiger partial charge in [-0.15, -0.1) is 0 Å². The lowest BCUT2D eigenvalue weighted by molar-refractivity contribution is -0.138. The molecule has 0 bridgehead atoms. The average molecular weight is 474 g/mol. The van der Waals surface area contributed by atoms with Gasteiger partial charge in [0.05, 0.1) is 16.5 Å². The molecule has 0 saturated carbocycles. The summed E-state index contributed by atoms with van der Waals surface area (Å²) in [5, 5.41) is -0.838. The van der Waals surface area contributed by atoms with E-state index in [9.17, 15) is 22.8 Å². The third-order valence-corrected chi connectivity index (χ3v) is 5.91. The molecule has 0 aliphatic carbocycles. The van der Waals surface area contributed by atoms with Crippen molar-refractivity contribution in [3.05, 3.63) is 51.6 Å². The van der Waals surface area contributed by atoms with Crippen LogP contribution in [0.4, 0.5) is 18.9 Å². The molecule has 1 aliphatic heterocycles. The summed E-state index contributed by atoms with van der Waals surface area (Å²) >= 11 is 4.13. The Labute approximate surface area is 171 Å². The minimum absolute atomic E-state index is 0.0265. The van der Waals surface area contributed by atoms with Crippen molar-refractivity contribution in [1.82, 2.24) is 4.98 Å². The molecule has 2 aromatic rings. The second-order valence-corrected chi connectivity index (χ2v) is 8.26. The van der Waals surface area contributed by atoms with Gasteiger partial charge in [0.25, 0.3) is 0 Å². The molecule has 2 N–H and O–H groups in total. The summed E-state index contributed by atoms with van der Waals surface area (Å²) in [5.41, 5.74) is 5.07. The highest BCUT2D eigenvalue weighted by Gasteiger charge is 2.42. The molecule has 5 nitrogen and oxygen atoms in total. The van der Waals surface area contributed by atoms with Crippen LogP contribution in [-0.4, -0.2) is 22.0 Å². The van der Waals surface area contributed by atoms with Gasteiger partial charge in [-0.2, -0.15) is 13.2 Å². The van der Waals surface area contributed by atoms with E-state index >= 15 is 0 Å². The fraction of sp³-hybridized carbons (Fsp3) is 0.278. The molecular weight excluding hydrogens is 459 g/mol. The Bertz CT molecular complexity index is 935. The maximum absolute atomic E-state index is 13.3. The summed E-state index contributed by atoms with van der Waals surface area (Å²) < 4.78 is 40.8. The zero-order valence-corrected chi connectivity index (χ0v) is 17.0. The highest BCUT2D eigenvalue weighted by molar-refractivity contribution is 9.10. The van der Waals surface area contributed by atoms with Crippen LogP contribution in [0.15, 0.2) is 39.8 Å². The van der Waals surface area contributed by atoms with Gasteiger partial charge in [0.15, 0.2) is 0 Å². The number of anilines is 1. The van der Waals surface area contributed by atoms with Crippen LogP contribution < -0.4 is 10.6 Å². The molecule has 28 heavy (non-hydrogen) atoms. The largest absolute Gasteiger partial charge is 0.416 e. The van der Waals surface area contributed by atoms with Crippen molar-refractivity contribution in [3.63, 3.8) is 0 Å².